The molecule has 15 heavy (non-hydrogen) atoms. The fourth-order valence-corrected chi connectivity index (χ4v) is 1.37. The minimum absolute atomic E-state index is 0.252. The second-order valence-electron chi connectivity index (χ2n) is 3.34. The molecule has 3 nitrogen and oxygen atoms in total. The Hall–Kier alpha value is -1.59. The monoisotopic (exact) mass is 215 g/mol. The van der Waals surface area contributed by atoms with E-state index in [0.29, 0.717) is 11.3 Å². The molecule has 0 radical (unpaired) electrons. The SMILES string of the molecule is Cc1cnn2c(C)cc(C(F)(F)F)nc12. The fraction of sp³-hybridized carbons (Fsp3) is 0.333. The van der Waals surface area contributed by atoms with Crippen LogP contribution in [0.2, 0.25) is 0 Å². The number of hydrogen-bond acceptors (Lipinski definition) is 2. The van der Waals surface area contributed by atoms with Gasteiger partial charge >= 0.3 is 6.18 Å². The molecule has 0 aromatic carbocycles. The summed E-state index contributed by atoms with van der Waals surface area (Å²) in [6.45, 7) is 3.24. The summed E-state index contributed by atoms with van der Waals surface area (Å²) < 4.78 is 38.7. The van der Waals surface area contributed by atoms with Gasteiger partial charge < -0.3 is 0 Å². The highest BCUT2D eigenvalue weighted by molar-refractivity contribution is 5.47. The van der Waals surface area contributed by atoms with Gasteiger partial charge in [0.2, 0.25) is 0 Å². The van der Waals surface area contributed by atoms with Crippen molar-refractivity contribution in [2.24, 2.45) is 0 Å². The van der Waals surface area contributed by atoms with Gasteiger partial charge in [0, 0.05) is 11.3 Å². The summed E-state index contributed by atoms with van der Waals surface area (Å²) in [5.41, 5.74) is 0.419. The molecule has 0 spiro atoms. The van der Waals surface area contributed by atoms with Gasteiger partial charge in [0.15, 0.2) is 5.65 Å². The molecule has 2 heterocycles. The van der Waals surface area contributed by atoms with E-state index in [-0.39, 0.29) is 5.65 Å². The Morgan fingerprint density at radius 3 is 2.53 bits per heavy atom. The van der Waals surface area contributed by atoms with E-state index in [2.05, 4.69) is 10.1 Å². The Labute approximate surface area is 83.5 Å². The molecule has 0 bridgehead atoms. The van der Waals surface area contributed by atoms with Crippen molar-refractivity contribution in [2.75, 3.05) is 0 Å². The van der Waals surface area contributed by atoms with Crippen molar-refractivity contribution in [2.45, 2.75) is 20.0 Å². The second kappa shape index (κ2) is 2.95. The zero-order valence-corrected chi connectivity index (χ0v) is 8.13. The molecule has 0 unspecified atom stereocenters. The molecule has 0 saturated heterocycles. The summed E-state index contributed by atoms with van der Waals surface area (Å²) in [5, 5.41) is 3.93. The lowest BCUT2D eigenvalue weighted by molar-refractivity contribution is -0.141. The summed E-state index contributed by atoms with van der Waals surface area (Å²) in [4.78, 5) is 3.54. The molecule has 6 heteroatoms. The van der Waals surface area contributed by atoms with E-state index in [1.807, 2.05) is 0 Å². The molecule has 0 saturated carbocycles. The van der Waals surface area contributed by atoms with Crippen LogP contribution < -0.4 is 0 Å². The van der Waals surface area contributed by atoms with Gasteiger partial charge in [-0.2, -0.15) is 18.3 Å². The third-order valence-corrected chi connectivity index (χ3v) is 2.12. The topological polar surface area (TPSA) is 30.2 Å². The molecule has 0 aliphatic heterocycles. The summed E-state index contributed by atoms with van der Waals surface area (Å²) in [6.07, 6.45) is -2.92. The lowest BCUT2D eigenvalue weighted by atomic mass is 10.3. The summed E-state index contributed by atoms with van der Waals surface area (Å²) in [5.74, 6) is 0. The molecule has 0 N–H and O–H groups in total. The van der Waals surface area contributed by atoms with Crippen LogP contribution in [0.1, 0.15) is 17.0 Å². The van der Waals surface area contributed by atoms with Crippen LogP contribution in [0.25, 0.3) is 5.65 Å². The normalized spacial score (nSPS) is 12.3. The number of alkyl halides is 3. The lowest BCUT2D eigenvalue weighted by Crippen LogP contribution is -2.10. The molecule has 2 aromatic heterocycles. The lowest BCUT2D eigenvalue weighted by Gasteiger charge is -2.07. The summed E-state index contributed by atoms with van der Waals surface area (Å²) in [7, 11) is 0. The molecule has 0 fully saturated rings. The van der Waals surface area contributed by atoms with E-state index in [1.165, 1.54) is 10.7 Å². The molecule has 2 aromatic rings. The van der Waals surface area contributed by atoms with Crippen molar-refractivity contribution >= 4 is 5.65 Å². The molecular formula is C9H8F3N3. The van der Waals surface area contributed by atoms with Crippen molar-refractivity contribution in [1.82, 2.24) is 14.6 Å². The van der Waals surface area contributed by atoms with E-state index in [9.17, 15) is 13.2 Å². The predicted molar refractivity (Wildman–Crippen MR) is 47.5 cm³/mol. The number of nitrogens with zero attached hydrogens (tertiary/aromatic N) is 3. The van der Waals surface area contributed by atoms with Gasteiger partial charge in [-0.25, -0.2) is 9.50 Å². The first kappa shape index (κ1) is 9.95. The zero-order chi connectivity index (χ0) is 11.2. The molecular weight excluding hydrogens is 207 g/mol. The van der Waals surface area contributed by atoms with Crippen LogP contribution in [-0.4, -0.2) is 14.6 Å². The van der Waals surface area contributed by atoms with Gasteiger partial charge in [-0.3, -0.25) is 0 Å². The third-order valence-electron chi connectivity index (χ3n) is 2.12. The minimum Gasteiger partial charge on any atom is -0.224 e. The van der Waals surface area contributed by atoms with Crippen molar-refractivity contribution in [3.8, 4) is 0 Å². The van der Waals surface area contributed by atoms with Crippen LogP contribution in [-0.2, 0) is 6.18 Å². The Morgan fingerprint density at radius 1 is 1.27 bits per heavy atom. The van der Waals surface area contributed by atoms with Gasteiger partial charge in [0.1, 0.15) is 5.69 Å². The van der Waals surface area contributed by atoms with E-state index in [4.69, 9.17) is 0 Å². The molecule has 2 rings (SSSR count). The Bertz CT molecular complexity index is 513. The fourth-order valence-electron chi connectivity index (χ4n) is 1.37. The smallest absolute Gasteiger partial charge is 0.224 e. The van der Waals surface area contributed by atoms with Gasteiger partial charge in [0.25, 0.3) is 0 Å². The maximum Gasteiger partial charge on any atom is 0.433 e. The van der Waals surface area contributed by atoms with Crippen LogP contribution in [0.3, 0.4) is 0 Å². The minimum atomic E-state index is -4.41. The van der Waals surface area contributed by atoms with E-state index < -0.39 is 11.9 Å². The van der Waals surface area contributed by atoms with Gasteiger partial charge in [-0.05, 0) is 19.9 Å². The molecule has 80 valence electrons. The number of aromatic nitrogens is 3. The van der Waals surface area contributed by atoms with E-state index in [1.54, 1.807) is 13.8 Å². The van der Waals surface area contributed by atoms with E-state index >= 15 is 0 Å². The first-order valence-corrected chi connectivity index (χ1v) is 4.29. The first-order valence-electron chi connectivity index (χ1n) is 4.29. The number of rotatable bonds is 0. The summed E-state index contributed by atoms with van der Waals surface area (Å²) in [6, 6.07) is 0.986. The third kappa shape index (κ3) is 1.55. The largest absolute Gasteiger partial charge is 0.433 e. The molecule has 0 atom stereocenters. The Morgan fingerprint density at radius 2 is 1.93 bits per heavy atom. The Kier molecular flexibility index (Phi) is 1.95. The average Bonchev–Trinajstić information content (AvgIpc) is 2.47. The number of halogens is 3. The standard InChI is InChI=1S/C9H8F3N3/c1-5-4-13-15-6(2)3-7(9(10,11)12)14-8(5)15/h3-4H,1-2H3. The predicted octanol–water partition coefficient (Wildman–Crippen LogP) is 2.36. The van der Waals surface area contributed by atoms with Crippen molar-refractivity contribution in [3.05, 3.63) is 29.2 Å². The molecule has 0 aliphatic carbocycles. The second-order valence-corrected chi connectivity index (χ2v) is 3.34. The highest BCUT2D eigenvalue weighted by atomic mass is 19.4. The highest BCUT2D eigenvalue weighted by Crippen LogP contribution is 2.28. The van der Waals surface area contributed by atoms with Gasteiger partial charge in [-0.15, -0.1) is 0 Å². The maximum absolute atomic E-state index is 12.4. The van der Waals surface area contributed by atoms with Gasteiger partial charge in [0.05, 0.1) is 6.20 Å². The molecule has 0 aliphatic rings. The zero-order valence-electron chi connectivity index (χ0n) is 8.13. The maximum atomic E-state index is 12.4. The number of fused-ring (bicyclic) bond motifs is 1. The van der Waals surface area contributed by atoms with Crippen molar-refractivity contribution < 1.29 is 13.2 Å². The van der Waals surface area contributed by atoms with Crippen LogP contribution in [0.5, 0.6) is 0 Å². The number of aryl methyl sites for hydroxylation is 2. The first-order chi connectivity index (χ1) is 6.89. The Balaban J connectivity index is 2.76. The average molecular weight is 215 g/mol. The number of hydrogen-bond donors (Lipinski definition) is 0. The van der Waals surface area contributed by atoms with Crippen LogP contribution in [0.4, 0.5) is 13.2 Å². The quantitative estimate of drug-likeness (QED) is 0.675. The van der Waals surface area contributed by atoms with Crippen LogP contribution in [0.15, 0.2) is 12.3 Å². The van der Waals surface area contributed by atoms with Gasteiger partial charge in [-0.1, -0.05) is 0 Å². The van der Waals surface area contributed by atoms with Crippen LogP contribution in [0, 0.1) is 13.8 Å². The van der Waals surface area contributed by atoms with Crippen LogP contribution >= 0.6 is 0 Å². The van der Waals surface area contributed by atoms with Crippen molar-refractivity contribution in [1.29, 1.82) is 0 Å². The highest BCUT2D eigenvalue weighted by Gasteiger charge is 2.33. The van der Waals surface area contributed by atoms with Crippen molar-refractivity contribution in [3.63, 3.8) is 0 Å². The molecule has 0 amide bonds. The van der Waals surface area contributed by atoms with E-state index in [0.717, 1.165) is 6.07 Å². The summed E-state index contributed by atoms with van der Waals surface area (Å²) >= 11 is 0.